The highest BCUT2D eigenvalue weighted by atomic mass is 19.1. The summed E-state index contributed by atoms with van der Waals surface area (Å²) in [6, 6.07) is 24.0. The highest BCUT2D eigenvalue weighted by Crippen LogP contribution is 2.38. The molecule has 4 heteroatoms. The van der Waals surface area contributed by atoms with Gasteiger partial charge < -0.3 is 4.42 Å². The van der Waals surface area contributed by atoms with Crippen LogP contribution in [0.3, 0.4) is 0 Å². The number of nitrogens with zero attached hydrogens (tertiary/aromatic N) is 2. The third-order valence-corrected chi connectivity index (χ3v) is 7.02. The number of aryl methyl sites for hydroxylation is 2. The first-order valence-corrected chi connectivity index (χ1v) is 12.7. The maximum atomic E-state index is 15.5. The maximum absolute atomic E-state index is 15.5. The quantitative estimate of drug-likeness (QED) is 0.234. The molecule has 6 rings (SSSR count). The molecule has 3 aromatic carbocycles. The Kier molecular flexibility index (Phi) is 5.38. The molecule has 0 fully saturated rings. The topological polar surface area (TPSA) is 29.9 Å². The lowest BCUT2D eigenvalue weighted by Gasteiger charge is -2.18. The third-order valence-electron chi connectivity index (χ3n) is 7.02. The zero-order chi connectivity index (χ0) is 25.9. The average Bonchev–Trinajstić information content (AvgIpc) is 3.21. The molecule has 0 amide bonds. The van der Waals surface area contributed by atoms with E-state index in [1.807, 2.05) is 55.6 Å². The Morgan fingerprint density at radius 2 is 1.68 bits per heavy atom. The van der Waals surface area contributed by atoms with Gasteiger partial charge in [0.15, 0.2) is 11.8 Å². The molecule has 0 aliphatic heterocycles. The van der Waals surface area contributed by atoms with Gasteiger partial charge in [-0.15, -0.1) is 0 Å². The second-order valence-corrected chi connectivity index (χ2v) is 11.2. The van der Waals surface area contributed by atoms with Crippen LogP contribution in [0.25, 0.3) is 55.4 Å². The van der Waals surface area contributed by atoms with E-state index in [0.29, 0.717) is 16.8 Å². The summed E-state index contributed by atoms with van der Waals surface area (Å²) in [6.45, 7) is 8.83. The van der Waals surface area contributed by atoms with Crippen LogP contribution in [0.15, 0.2) is 83.4 Å². The second-order valence-electron chi connectivity index (χ2n) is 11.2. The lowest BCUT2D eigenvalue weighted by atomic mass is 9.88. The first-order chi connectivity index (χ1) is 17.7. The highest BCUT2D eigenvalue weighted by Gasteiger charge is 2.24. The summed E-state index contributed by atoms with van der Waals surface area (Å²) in [5.41, 5.74) is 6.85. The van der Waals surface area contributed by atoms with Crippen LogP contribution in [0.1, 0.15) is 31.9 Å². The third kappa shape index (κ3) is 4.17. The molecule has 0 atom stereocenters. The average molecular weight is 490 g/mol. The lowest BCUT2D eigenvalue weighted by molar-refractivity contribution is -0.660. The fourth-order valence-corrected chi connectivity index (χ4v) is 5.28. The SMILES string of the molecule is Cc1ccc2c(oc3nc(-c4ccc5ccccc5c4)c(F)cc32)c1-c1cc(CC(C)(C)C)cc[n+]1C. The summed E-state index contributed by atoms with van der Waals surface area (Å²) < 4.78 is 24.0. The Balaban J connectivity index is 1.55. The van der Waals surface area contributed by atoms with Gasteiger partial charge in [-0.05, 0) is 52.8 Å². The Morgan fingerprint density at radius 1 is 0.892 bits per heavy atom. The van der Waals surface area contributed by atoms with Gasteiger partial charge >= 0.3 is 0 Å². The van der Waals surface area contributed by atoms with Crippen molar-refractivity contribution in [2.45, 2.75) is 34.1 Å². The summed E-state index contributed by atoms with van der Waals surface area (Å²) >= 11 is 0. The Morgan fingerprint density at radius 3 is 2.46 bits per heavy atom. The number of pyridine rings is 2. The van der Waals surface area contributed by atoms with E-state index in [4.69, 9.17) is 9.40 Å². The molecule has 0 N–H and O–H groups in total. The number of furan rings is 1. The minimum atomic E-state index is -0.356. The van der Waals surface area contributed by atoms with Gasteiger partial charge in [0.05, 0.1) is 10.9 Å². The molecule has 0 aliphatic carbocycles. The minimum absolute atomic E-state index is 0.179. The Labute approximate surface area is 216 Å². The normalized spacial score (nSPS) is 12.2. The van der Waals surface area contributed by atoms with Crippen molar-refractivity contribution in [3.05, 3.63) is 95.9 Å². The molecule has 37 heavy (non-hydrogen) atoms. The fourth-order valence-electron chi connectivity index (χ4n) is 5.28. The molecule has 0 saturated heterocycles. The summed E-state index contributed by atoms with van der Waals surface area (Å²) in [5.74, 6) is -0.356. The van der Waals surface area contributed by atoms with Crippen LogP contribution in [-0.2, 0) is 13.5 Å². The zero-order valence-corrected chi connectivity index (χ0v) is 21.9. The smallest absolute Gasteiger partial charge is 0.228 e. The minimum Gasteiger partial charge on any atom is -0.437 e. The molecular formula is C33H30FN2O+. The van der Waals surface area contributed by atoms with Gasteiger partial charge in [0, 0.05) is 23.1 Å². The van der Waals surface area contributed by atoms with Gasteiger partial charge in [0.2, 0.25) is 11.4 Å². The van der Waals surface area contributed by atoms with Crippen LogP contribution in [0.5, 0.6) is 0 Å². The Bertz CT molecular complexity index is 1820. The number of rotatable bonds is 3. The van der Waals surface area contributed by atoms with Crippen LogP contribution < -0.4 is 4.57 Å². The molecule has 0 aliphatic rings. The molecule has 3 nitrogen and oxygen atoms in total. The molecule has 3 heterocycles. The Hall–Kier alpha value is -4.05. The largest absolute Gasteiger partial charge is 0.437 e. The van der Waals surface area contributed by atoms with Gasteiger partial charge in [-0.1, -0.05) is 69.3 Å². The highest BCUT2D eigenvalue weighted by molar-refractivity contribution is 6.09. The number of aromatic nitrogens is 2. The molecule has 3 aromatic heterocycles. The van der Waals surface area contributed by atoms with Crippen molar-refractivity contribution >= 4 is 32.8 Å². The standard InChI is InChI=1S/C33H30FN2O/c1-20-10-13-25-26-18-27(34)30(24-12-11-22-8-6-7-9-23(22)17-24)35-32(26)37-31(25)29(20)28-16-21(14-15-36(28)5)19-33(2,3)4/h6-18H,19H2,1-5H3/q+1. The van der Waals surface area contributed by atoms with E-state index >= 15 is 4.39 Å². The van der Waals surface area contributed by atoms with Gasteiger partial charge in [-0.25, -0.2) is 13.9 Å². The van der Waals surface area contributed by atoms with Crippen molar-refractivity contribution in [2.24, 2.45) is 12.5 Å². The van der Waals surface area contributed by atoms with E-state index < -0.39 is 0 Å². The summed E-state index contributed by atoms with van der Waals surface area (Å²) in [6.07, 6.45) is 3.07. The van der Waals surface area contributed by atoms with Crippen LogP contribution in [0, 0.1) is 18.2 Å². The van der Waals surface area contributed by atoms with Crippen molar-refractivity contribution in [1.82, 2.24) is 4.98 Å². The van der Waals surface area contributed by atoms with Gasteiger partial charge in [0.25, 0.3) is 0 Å². The number of hydrogen-bond acceptors (Lipinski definition) is 2. The maximum Gasteiger partial charge on any atom is 0.228 e. The number of halogens is 1. The predicted molar refractivity (Wildman–Crippen MR) is 149 cm³/mol. The number of hydrogen-bond donors (Lipinski definition) is 0. The molecule has 0 spiro atoms. The first-order valence-electron chi connectivity index (χ1n) is 12.7. The van der Waals surface area contributed by atoms with Crippen molar-refractivity contribution in [1.29, 1.82) is 0 Å². The molecule has 0 bridgehead atoms. The monoisotopic (exact) mass is 489 g/mol. The summed E-state index contributed by atoms with van der Waals surface area (Å²) in [5, 5.41) is 3.71. The van der Waals surface area contributed by atoms with Crippen LogP contribution in [-0.4, -0.2) is 4.98 Å². The molecule has 0 saturated carbocycles. The molecule has 184 valence electrons. The predicted octanol–water partition coefficient (Wildman–Crippen LogP) is 8.33. The van der Waals surface area contributed by atoms with E-state index in [9.17, 15) is 0 Å². The van der Waals surface area contributed by atoms with E-state index in [1.54, 1.807) is 6.07 Å². The van der Waals surface area contributed by atoms with E-state index in [-0.39, 0.29) is 11.2 Å². The summed E-state index contributed by atoms with van der Waals surface area (Å²) in [4.78, 5) is 4.69. The van der Waals surface area contributed by atoms with Crippen LogP contribution in [0.4, 0.5) is 4.39 Å². The second kappa shape index (κ2) is 8.52. The molecular weight excluding hydrogens is 459 g/mol. The number of fused-ring (bicyclic) bond motifs is 4. The van der Waals surface area contributed by atoms with E-state index in [0.717, 1.165) is 50.5 Å². The fraction of sp³-hybridized carbons (Fsp3) is 0.212. The van der Waals surface area contributed by atoms with Crippen molar-refractivity contribution < 1.29 is 13.4 Å². The van der Waals surface area contributed by atoms with Crippen molar-refractivity contribution in [3.63, 3.8) is 0 Å². The van der Waals surface area contributed by atoms with Crippen molar-refractivity contribution in [2.75, 3.05) is 0 Å². The van der Waals surface area contributed by atoms with E-state index in [2.05, 4.69) is 56.7 Å². The summed E-state index contributed by atoms with van der Waals surface area (Å²) in [7, 11) is 2.05. The first kappa shape index (κ1) is 23.4. The van der Waals surface area contributed by atoms with E-state index in [1.165, 1.54) is 5.56 Å². The lowest BCUT2D eigenvalue weighted by Crippen LogP contribution is -2.31. The molecule has 0 radical (unpaired) electrons. The van der Waals surface area contributed by atoms with Gasteiger partial charge in [-0.2, -0.15) is 0 Å². The molecule has 0 unspecified atom stereocenters. The van der Waals surface area contributed by atoms with Crippen LogP contribution in [0.2, 0.25) is 0 Å². The van der Waals surface area contributed by atoms with Crippen molar-refractivity contribution in [3.8, 4) is 22.5 Å². The van der Waals surface area contributed by atoms with Gasteiger partial charge in [0.1, 0.15) is 18.6 Å². The number of benzene rings is 3. The van der Waals surface area contributed by atoms with Crippen LogP contribution >= 0.6 is 0 Å². The molecule has 6 aromatic rings. The zero-order valence-electron chi connectivity index (χ0n) is 21.9. The van der Waals surface area contributed by atoms with Gasteiger partial charge in [-0.3, -0.25) is 0 Å².